The van der Waals surface area contributed by atoms with Gasteiger partial charge in [-0.2, -0.15) is 0 Å². The van der Waals surface area contributed by atoms with E-state index in [0.29, 0.717) is 23.2 Å². The van der Waals surface area contributed by atoms with Crippen LogP contribution in [0.25, 0.3) is 0 Å². The number of halogens is 1. The maximum Gasteiger partial charge on any atom is 0.166 e. The molecule has 1 aliphatic heterocycles. The molecule has 1 fully saturated rings. The van der Waals surface area contributed by atoms with E-state index in [2.05, 4.69) is 0 Å². The van der Waals surface area contributed by atoms with Gasteiger partial charge in [0.2, 0.25) is 0 Å². The van der Waals surface area contributed by atoms with Crippen molar-refractivity contribution >= 4 is 10.8 Å². The topological polar surface area (TPSA) is 35.5 Å². The minimum absolute atomic E-state index is 0.181. The van der Waals surface area contributed by atoms with E-state index in [1.165, 1.54) is 6.07 Å². The Morgan fingerprint density at radius 3 is 2.58 bits per heavy atom. The molecule has 3 rings (SSSR count). The van der Waals surface area contributed by atoms with E-state index in [-0.39, 0.29) is 5.75 Å². The summed E-state index contributed by atoms with van der Waals surface area (Å²) in [6, 6.07) is 13.9. The van der Waals surface area contributed by atoms with Crippen LogP contribution >= 0.6 is 0 Å². The monoisotopic (exact) mass is 348 g/mol. The van der Waals surface area contributed by atoms with Crippen LogP contribution in [0.3, 0.4) is 0 Å². The highest BCUT2D eigenvalue weighted by Crippen LogP contribution is 2.25. The third kappa shape index (κ3) is 4.89. The van der Waals surface area contributed by atoms with Gasteiger partial charge in [-0.15, -0.1) is 0 Å². The van der Waals surface area contributed by atoms with E-state index in [0.717, 1.165) is 31.6 Å². The Balaban J connectivity index is 1.58. The van der Waals surface area contributed by atoms with Crippen molar-refractivity contribution in [2.75, 3.05) is 19.0 Å². The van der Waals surface area contributed by atoms with E-state index in [1.54, 1.807) is 24.3 Å². The summed E-state index contributed by atoms with van der Waals surface area (Å²) in [5.41, 5.74) is 0.735. The molecular formula is C19H21FO3S. The lowest BCUT2D eigenvalue weighted by atomic mass is 10.0. The van der Waals surface area contributed by atoms with Gasteiger partial charge in [0.25, 0.3) is 0 Å². The van der Waals surface area contributed by atoms with Gasteiger partial charge in [0.1, 0.15) is 5.75 Å². The second-order valence-corrected chi connectivity index (χ2v) is 7.49. The van der Waals surface area contributed by atoms with E-state index >= 15 is 0 Å². The fraction of sp³-hybridized carbons (Fsp3) is 0.368. The Kier molecular flexibility index (Phi) is 5.99. The molecule has 0 unspecified atom stereocenters. The van der Waals surface area contributed by atoms with Crippen molar-refractivity contribution in [3.8, 4) is 11.5 Å². The summed E-state index contributed by atoms with van der Waals surface area (Å²) in [7, 11) is -0.984. The molecule has 0 amide bonds. The quantitative estimate of drug-likeness (QED) is 0.781. The third-order valence-electron chi connectivity index (χ3n) is 4.06. The SMILES string of the molecule is O=[S@@](Cc1ccc(Oc2ccccc2)c(F)c1)CC1CCOCC1. The molecule has 2 aromatic rings. The van der Waals surface area contributed by atoms with Crippen LogP contribution in [0.2, 0.25) is 0 Å². The van der Waals surface area contributed by atoms with Crippen LogP contribution in [-0.4, -0.2) is 23.2 Å². The molecular weight excluding hydrogens is 327 g/mol. The minimum Gasteiger partial charge on any atom is -0.454 e. The van der Waals surface area contributed by atoms with Crippen molar-refractivity contribution < 1.29 is 18.1 Å². The highest BCUT2D eigenvalue weighted by Gasteiger charge is 2.17. The Morgan fingerprint density at radius 2 is 1.88 bits per heavy atom. The standard InChI is InChI=1S/C19H21FO3S/c20-18-12-16(14-24(21)13-15-8-10-22-11-9-15)6-7-19(18)23-17-4-2-1-3-5-17/h1-7,12,15H,8-11,13-14H2/t24-/m1/s1. The first-order chi connectivity index (χ1) is 11.7. The maximum absolute atomic E-state index is 14.2. The molecule has 0 spiro atoms. The number of hydrogen-bond acceptors (Lipinski definition) is 3. The molecule has 1 heterocycles. The molecule has 0 saturated carbocycles. The van der Waals surface area contributed by atoms with Gasteiger partial charge in [0.05, 0.1) is 0 Å². The molecule has 0 radical (unpaired) electrons. The number of para-hydroxylation sites is 1. The van der Waals surface area contributed by atoms with Crippen LogP contribution in [0.4, 0.5) is 4.39 Å². The Morgan fingerprint density at radius 1 is 1.12 bits per heavy atom. The summed E-state index contributed by atoms with van der Waals surface area (Å²) < 4.78 is 37.3. The number of benzene rings is 2. The lowest BCUT2D eigenvalue weighted by Crippen LogP contribution is -2.21. The molecule has 0 bridgehead atoms. The van der Waals surface area contributed by atoms with Crippen LogP contribution in [0, 0.1) is 11.7 Å². The summed E-state index contributed by atoms with van der Waals surface area (Å²) in [5.74, 6) is 1.82. The molecule has 1 atom stereocenters. The maximum atomic E-state index is 14.2. The minimum atomic E-state index is -0.984. The second-order valence-electron chi connectivity index (χ2n) is 5.99. The molecule has 3 nitrogen and oxygen atoms in total. The van der Waals surface area contributed by atoms with Crippen molar-refractivity contribution in [1.82, 2.24) is 0 Å². The molecule has 1 saturated heterocycles. The highest BCUT2D eigenvalue weighted by molar-refractivity contribution is 7.84. The summed E-state index contributed by atoms with van der Waals surface area (Å²) in [6.07, 6.45) is 1.92. The van der Waals surface area contributed by atoms with Gasteiger partial charge in [0, 0.05) is 35.5 Å². The second kappa shape index (κ2) is 8.40. The lowest BCUT2D eigenvalue weighted by molar-refractivity contribution is 0.0725. The lowest BCUT2D eigenvalue weighted by Gasteiger charge is -2.21. The predicted molar refractivity (Wildman–Crippen MR) is 93.2 cm³/mol. The summed E-state index contributed by atoms with van der Waals surface area (Å²) >= 11 is 0. The molecule has 5 heteroatoms. The smallest absolute Gasteiger partial charge is 0.166 e. The Hall–Kier alpha value is -1.72. The first-order valence-corrected chi connectivity index (χ1v) is 9.63. The largest absolute Gasteiger partial charge is 0.454 e. The van der Waals surface area contributed by atoms with Crippen LogP contribution in [0.15, 0.2) is 48.5 Å². The number of rotatable bonds is 6. The molecule has 24 heavy (non-hydrogen) atoms. The van der Waals surface area contributed by atoms with Crippen molar-refractivity contribution in [2.24, 2.45) is 5.92 Å². The molecule has 128 valence electrons. The van der Waals surface area contributed by atoms with Crippen LogP contribution < -0.4 is 4.74 Å². The molecule has 0 aliphatic carbocycles. The van der Waals surface area contributed by atoms with E-state index in [4.69, 9.17) is 9.47 Å². The summed E-state index contributed by atoms with van der Waals surface area (Å²) in [6.45, 7) is 1.50. The fourth-order valence-corrected chi connectivity index (χ4v) is 4.28. The first-order valence-electron chi connectivity index (χ1n) is 8.15. The molecule has 2 aromatic carbocycles. The van der Waals surface area contributed by atoms with Gasteiger partial charge in [-0.1, -0.05) is 24.3 Å². The van der Waals surface area contributed by atoms with Crippen molar-refractivity contribution in [2.45, 2.75) is 18.6 Å². The van der Waals surface area contributed by atoms with Crippen LogP contribution in [-0.2, 0) is 21.3 Å². The van der Waals surface area contributed by atoms with E-state index in [9.17, 15) is 8.60 Å². The zero-order valence-electron chi connectivity index (χ0n) is 13.4. The van der Waals surface area contributed by atoms with E-state index < -0.39 is 16.6 Å². The van der Waals surface area contributed by atoms with Crippen molar-refractivity contribution in [1.29, 1.82) is 0 Å². The average molecular weight is 348 g/mol. The third-order valence-corrected chi connectivity index (χ3v) is 5.56. The van der Waals surface area contributed by atoms with Crippen LogP contribution in [0.5, 0.6) is 11.5 Å². The Labute approximate surface area is 144 Å². The molecule has 0 N–H and O–H groups in total. The zero-order chi connectivity index (χ0) is 16.8. The van der Waals surface area contributed by atoms with Crippen molar-refractivity contribution in [3.63, 3.8) is 0 Å². The van der Waals surface area contributed by atoms with Gasteiger partial charge < -0.3 is 9.47 Å². The van der Waals surface area contributed by atoms with Gasteiger partial charge >= 0.3 is 0 Å². The van der Waals surface area contributed by atoms with Gasteiger partial charge in [-0.3, -0.25) is 4.21 Å². The fourth-order valence-electron chi connectivity index (χ4n) is 2.75. The first kappa shape index (κ1) is 17.1. The van der Waals surface area contributed by atoms with Crippen molar-refractivity contribution in [3.05, 3.63) is 59.9 Å². The van der Waals surface area contributed by atoms with Gasteiger partial charge in [-0.05, 0) is 48.6 Å². The van der Waals surface area contributed by atoms with Gasteiger partial charge in [0.15, 0.2) is 11.6 Å². The number of ether oxygens (including phenoxy) is 2. The van der Waals surface area contributed by atoms with Gasteiger partial charge in [-0.25, -0.2) is 4.39 Å². The average Bonchev–Trinajstić information content (AvgIpc) is 2.59. The predicted octanol–water partition coefficient (Wildman–Crippen LogP) is 4.29. The highest BCUT2D eigenvalue weighted by atomic mass is 32.2. The summed E-state index contributed by atoms with van der Waals surface area (Å²) in [5, 5.41) is 0. The van der Waals surface area contributed by atoms with Crippen LogP contribution in [0.1, 0.15) is 18.4 Å². The zero-order valence-corrected chi connectivity index (χ0v) is 14.3. The molecule has 0 aromatic heterocycles. The summed E-state index contributed by atoms with van der Waals surface area (Å²) in [4.78, 5) is 0. The Bertz CT molecular complexity index is 684. The number of hydrogen-bond donors (Lipinski definition) is 0. The molecule has 1 aliphatic rings. The van der Waals surface area contributed by atoms with E-state index in [1.807, 2.05) is 18.2 Å². The normalized spacial score (nSPS) is 16.7.